The van der Waals surface area contributed by atoms with Crippen molar-refractivity contribution in [1.29, 1.82) is 0 Å². The maximum absolute atomic E-state index is 9.37. The summed E-state index contributed by atoms with van der Waals surface area (Å²) in [5.74, 6) is 0. The minimum absolute atomic E-state index is 0.164. The summed E-state index contributed by atoms with van der Waals surface area (Å²) in [4.78, 5) is 2.35. The molecule has 1 aromatic carbocycles. The lowest BCUT2D eigenvalue weighted by molar-refractivity contribution is -0.0285. The van der Waals surface area contributed by atoms with Gasteiger partial charge in [-0.3, -0.25) is 4.90 Å². The van der Waals surface area contributed by atoms with E-state index in [1.807, 2.05) is 13.1 Å². The minimum atomic E-state index is 0.164. The predicted octanol–water partition coefficient (Wildman–Crippen LogP) is 1.50. The maximum Gasteiger partial charge on any atom is 0.0558 e. The standard InChI is InChI=1S/C17H28N2O2/c1-18-13-17(8-5-11-21-15-17)14-19(9-10-20)12-16-6-3-2-4-7-16/h2-4,6-7,18,20H,5,8-15H2,1H3. The Morgan fingerprint density at radius 1 is 1.33 bits per heavy atom. The third kappa shape index (κ3) is 5.08. The van der Waals surface area contributed by atoms with Gasteiger partial charge in [0.1, 0.15) is 0 Å². The van der Waals surface area contributed by atoms with Gasteiger partial charge >= 0.3 is 0 Å². The number of benzene rings is 1. The quantitative estimate of drug-likeness (QED) is 0.762. The SMILES string of the molecule is CNCC1(CN(CCO)Cc2ccccc2)CCCOC1. The van der Waals surface area contributed by atoms with Crippen molar-refractivity contribution in [1.82, 2.24) is 10.2 Å². The lowest BCUT2D eigenvalue weighted by Gasteiger charge is -2.40. The second-order valence-electron chi connectivity index (χ2n) is 6.11. The number of aliphatic hydroxyl groups excluding tert-OH is 1. The van der Waals surface area contributed by atoms with Crippen LogP contribution in [0.5, 0.6) is 0 Å². The van der Waals surface area contributed by atoms with Crippen molar-refractivity contribution in [2.75, 3.05) is 46.5 Å². The lowest BCUT2D eigenvalue weighted by atomic mass is 9.81. The highest BCUT2D eigenvalue weighted by molar-refractivity contribution is 5.14. The molecule has 118 valence electrons. The van der Waals surface area contributed by atoms with E-state index in [0.29, 0.717) is 6.54 Å². The minimum Gasteiger partial charge on any atom is -0.395 e. The second-order valence-corrected chi connectivity index (χ2v) is 6.11. The Kier molecular flexibility index (Phi) is 6.64. The van der Waals surface area contributed by atoms with E-state index in [2.05, 4.69) is 34.5 Å². The van der Waals surface area contributed by atoms with E-state index >= 15 is 0 Å². The normalized spacial score (nSPS) is 22.6. The molecule has 21 heavy (non-hydrogen) atoms. The van der Waals surface area contributed by atoms with Gasteiger partial charge in [-0.05, 0) is 25.5 Å². The van der Waals surface area contributed by atoms with Crippen LogP contribution in [-0.2, 0) is 11.3 Å². The first-order valence-corrected chi connectivity index (χ1v) is 7.87. The van der Waals surface area contributed by atoms with Crippen LogP contribution >= 0.6 is 0 Å². The molecule has 0 aliphatic carbocycles. The molecule has 0 aromatic heterocycles. The van der Waals surface area contributed by atoms with Gasteiger partial charge in [-0.1, -0.05) is 30.3 Å². The van der Waals surface area contributed by atoms with Crippen LogP contribution in [0.2, 0.25) is 0 Å². The number of ether oxygens (including phenoxy) is 1. The summed E-state index contributed by atoms with van der Waals surface area (Å²) in [5.41, 5.74) is 1.46. The Morgan fingerprint density at radius 3 is 2.76 bits per heavy atom. The average molecular weight is 292 g/mol. The van der Waals surface area contributed by atoms with E-state index in [1.54, 1.807) is 0 Å². The zero-order chi connectivity index (χ0) is 15.0. The summed E-state index contributed by atoms with van der Waals surface area (Å²) >= 11 is 0. The zero-order valence-electron chi connectivity index (χ0n) is 13.1. The predicted molar refractivity (Wildman–Crippen MR) is 85.2 cm³/mol. The van der Waals surface area contributed by atoms with Crippen molar-refractivity contribution in [3.8, 4) is 0 Å². The molecule has 2 N–H and O–H groups in total. The Labute approximate surface area is 128 Å². The van der Waals surface area contributed by atoms with Crippen LogP contribution in [0.25, 0.3) is 0 Å². The fourth-order valence-corrected chi connectivity index (χ4v) is 3.28. The van der Waals surface area contributed by atoms with Crippen molar-refractivity contribution in [3.05, 3.63) is 35.9 Å². The highest BCUT2D eigenvalue weighted by Crippen LogP contribution is 2.29. The summed E-state index contributed by atoms with van der Waals surface area (Å²) in [7, 11) is 2.00. The Morgan fingerprint density at radius 2 is 2.14 bits per heavy atom. The summed E-state index contributed by atoms with van der Waals surface area (Å²) < 4.78 is 5.74. The van der Waals surface area contributed by atoms with Crippen molar-refractivity contribution in [3.63, 3.8) is 0 Å². The zero-order valence-corrected chi connectivity index (χ0v) is 13.1. The first kappa shape index (κ1) is 16.4. The molecular weight excluding hydrogens is 264 g/mol. The van der Waals surface area contributed by atoms with E-state index in [9.17, 15) is 5.11 Å². The van der Waals surface area contributed by atoms with Gasteiger partial charge in [0.15, 0.2) is 0 Å². The van der Waals surface area contributed by atoms with Crippen LogP contribution in [0, 0.1) is 5.41 Å². The molecule has 1 atom stereocenters. The van der Waals surface area contributed by atoms with E-state index in [0.717, 1.165) is 39.3 Å². The van der Waals surface area contributed by atoms with Gasteiger partial charge in [-0.2, -0.15) is 0 Å². The molecule has 0 radical (unpaired) electrons. The van der Waals surface area contributed by atoms with Crippen LogP contribution in [0.4, 0.5) is 0 Å². The molecule has 1 fully saturated rings. The Bertz CT molecular complexity index is 386. The first-order valence-electron chi connectivity index (χ1n) is 7.87. The smallest absolute Gasteiger partial charge is 0.0558 e. The second kappa shape index (κ2) is 8.49. The number of rotatable bonds is 8. The molecule has 0 bridgehead atoms. The average Bonchev–Trinajstić information content (AvgIpc) is 2.49. The molecule has 1 unspecified atom stereocenters. The van der Waals surface area contributed by atoms with Gasteiger partial charge in [-0.15, -0.1) is 0 Å². The molecular formula is C17H28N2O2. The van der Waals surface area contributed by atoms with E-state index in [-0.39, 0.29) is 12.0 Å². The third-order valence-corrected chi connectivity index (χ3v) is 4.18. The molecule has 2 rings (SSSR count). The van der Waals surface area contributed by atoms with Gasteiger partial charge < -0.3 is 15.2 Å². The van der Waals surface area contributed by atoms with E-state index in [4.69, 9.17) is 4.74 Å². The number of aliphatic hydroxyl groups is 1. The highest BCUT2D eigenvalue weighted by atomic mass is 16.5. The van der Waals surface area contributed by atoms with Gasteiger partial charge in [0, 0.05) is 38.2 Å². The fraction of sp³-hybridized carbons (Fsp3) is 0.647. The molecule has 0 amide bonds. The van der Waals surface area contributed by atoms with Crippen molar-refractivity contribution in [2.24, 2.45) is 5.41 Å². The molecule has 4 nitrogen and oxygen atoms in total. The number of hydrogen-bond acceptors (Lipinski definition) is 4. The summed E-state index contributed by atoms with van der Waals surface area (Å²) in [6.45, 7) is 5.40. The molecule has 1 aliphatic heterocycles. The number of nitrogens with zero attached hydrogens (tertiary/aromatic N) is 1. The summed E-state index contributed by atoms with van der Waals surface area (Å²) in [6.07, 6.45) is 2.31. The molecule has 1 saturated heterocycles. The molecule has 4 heteroatoms. The molecule has 0 saturated carbocycles. The molecule has 1 aliphatic rings. The van der Waals surface area contributed by atoms with Gasteiger partial charge in [0.25, 0.3) is 0 Å². The monoisotopic (exact) mass is 292 g/mol. The Balaban J connectivity index is 2.02. The van der Waals surface area contributed by atoms with Crippen LogP contribution in [0.1, 0.15) is 18.4 Å². The molecule has 1 heterocycles. The third-order valence-electron chi connectivity index (χ3n) is 4.18. The fourth-order valence-electron chi connectivity index (χ4n) is 3.28. The van der Waals surface area contributed by atoms with Crippen molar-refractivity contribution in [2.45, 2.75) is 19.4 Å². The van der Waals surface area contributed by atoms with Crippen LogP contribution < -0.4 is 5.32 Å². The number of hydrogen-bond donors (Lipinski definition) is 2. The van der Waals surface area contributed by atoms with Crippen molar-refractivity contribution >= 4 is 0 Å². The van der Waals surface area contributed by atoms with Crippen molar-refractivity contribution < 1.29 is 9.84 Å². The first-order chi connectivity index (χ1) is 10.3. The van der Waals surface area contributed by atoms with Gasteiger partial charge in [0.2, 0.25) is 0 Å². The highest BCUT2D eigenvalue weighted by Gasteiger charge is 2.34. The topological polar surface area (TPSA) is 44.7 Å². The van der Waals surface area contributed by atoms with Crippen LogP contribution in [0.15, 0.2) is 30.3 Å². The lowest BCUT2D eigenvalue weighted by Crippen LogP contribution is -2.48. The van der Waals surface area contributed by atoms with E-state index < -0.39 is 0 Å². The van der Waals surface area contributed by atoms with Crippen LogP contribution in [0.3, 0.4) is 0 Å². The molecule has 1 aromatic rings. The van der Waals surface area contributed by atoms with E-state index in [1.165, 1.54) is 12.0 Å². The van der Waals surface area contributed by atoms with Gasteiger partial charge in [-0.25, -0.2) is 0 Å². The number of nitrogens with one attached hydrogen (secondary N) is 1. The summed E-state index contributed by atoms with van der Waals surface area (Å²) in [6, 6.07) is 10.5. The summed E-state index contributed by atoms with van der Waals surface area (Å²) in [5, 5.41) is 12.7. The Hall–Kier alpha value is -0.940. The molecule has 0 spiro atoms. The van der Waals surface area contributed by atoms with Gasteiger partial charge in [0.05, 0.1) is 13.2 Å². The maximum atomic E-state index is 9.37. The largest absolute Gasteiger partial charge is 0.395 e. The van der Waals surface area contributed by atoms with Crippen LogP contribution in [-0.4, -0.2) is 56.5 Å².